The number of hydrogen-bond acceptors (Lipinski definition) is 3. The average Bonchev–Trinajstić information content (AvgIpc) is 2.14. The van der Waals surface area contributed by atoms with Crippen molar-refractivity contribution in [2.45, 2.75) is 19.8 Å². The van der Waals surface area contributed by atoms with E-state index in [9.17, 15) is 0 Å². The summed E-state index contributed by atoms with van der Waals surface area (Å²) in [6, 6.07) is 0. The van der Waals surface area contributed by atoms with E-state index in [1.54, 1.807) is 6.33 Å². The molecule has 0 spiro atoms. The fourth-order valence-corrected chi connectivity index (χ4v) is 1.05. The molecule has 0 radical (unpaired) electrons. The van der Waals surface area contributed by atoms with Gasteiger partial charge in [-0.05, 0) is 31.5 Å². The van der Waals surface area contributed by atoms with Gasteiger partial charge in [-0.1, -0.05) is 6.92 Å². The van der Waals surface area contributed by atoms with E-state index in [4.69, 9.17) is 0 Å². The summed E-state index contributed by atoms with van der Waals surface area (Å²) in [5.41, 5.74) is 1.22. The van der Waals surface area contributed by atoms with Gasteiger partial charge in [0.15, 0.2) is 0 Å². The molecule has 0 saturated heterocycles. The minimum atomic E-state index is 1.05. The number of rotatable bonds is 5. The van der Waals surface area contributed by atoms with Crippen molar-refractivity contribution < 1.29 is 0 Å². The van der Waals surface area contributed by atoms with E-state index >= 15 is 0 Å². The van der Waals surface area contributed by atoms with Crippen molar-refractivity contribution in [3.8, 4) is 0 Å². The molecule has 0 saturated carbocycles. The zero-order valence-electron chi connectivity index (χ0n) is 7.45. The van der Waals surface area contributed by atoms with Gasteiger partial charge in [-0.15, -0.1) is 0 Å². The number of hydrogen-bond donors (Lipinski definition) is 1. The number of nitrogens with zero attached hydrogens (tertiary/aromatic N) is 2. The van der Waals surface area contributed by atoms with Gasteiger partial charge in [-0.3, -0.25) is 0 Å². The molecular formula is C9H15N3. The number of nitrogens with one attached hydrogen (secondary N) is 1. The summed E-state index contributed by atoms with van der Waals surface area (Å²) < 4.78 is 0. The molecule has 0 fully saturated rings. The molecule has 3 heteroatoms. The van der Waals surface area contributed by atoms with E-state index in [1.807, 2.05) is 12.4 Å². The van der Waals surface area contributed by atoms with Crippen molar-refractivity contribution in [2.24, 2.45) is 0 Å². The molecule has 0 aliphatic heterocycles. The summed E-state index contributed by atoms with van der Waals surface area (Å²) in [6.07, 6.45) is 7.53. The molecule has 0 amide bonds. The molecule has 1 rings (SSSR count). The smallest absolute Gasteiger partial charge is 0.115 e. The first-order valence-corrected chi connectivity index (χ1v) is 4.38. The Bertz CT molecular complexity index is 198. The Morgan fingerprint density at radius 3 is 2.75 bits per heavy atom. The summed E-state index contributed by atoms with van der Waals surface area (Å²) in [5, 5.41) is 3.28. The van der Waals surface area contributed by atoms with Gasteiger partial charge < -0.3 is 5.32 Å². The first kappa shape index (κ1) is 9.13. The Hall–Kier alpha value is -0.960. The zero-order chi connectivity index (χ0) is 8.65. The van der Waals surface area contributed by atoms with Gasteiger partial charge in [0, 0.05) is 12.4 Å². The number of aryl methyl sites for hydroxylation is 1. The second-order valence-electron chi connectivity index (χ2n) is 2.70. The summed E-state index contributed by atoms with van der Waals surface area (Å²) in [7, 11) is 0. The van der Waals surface area contributed by atoms with Crippen LogP contribution in [0.2, 0.25) is 0 Å². The van der Waals surface area contributed by atoms with Crippen LogP contribution in [0.1, 0.15) is 18.9 Å². The van der Waals surface area contributed by atoms with Crippen LogP contribution in [0.5, 0.6) is 0 Å². The zero-order valence-corrected chi connectivity index (χ0v) is 7.45. The van der Waals surface area contributed by atoms with Crippen LogP contribution < -0.4 is 5.32 Å². The van der Waals surface area contributed by atoms with Crippen molar-refractivity contribution in [2.75, 3.05) is 13.1 Å². The first-order chi connectivity index (χ1) is 5.93. The molecule has 0 bridgehead atoms. The summed E-state index contributed by atoms with van der Waals surface area (Å²) in [6.45, 7) is 4.24. The second-order valence-corrected chi connectivity index (χ2v) is 2.70. The van der Waals surface area contributed by atoms with E-state index in [0.717, 1.165) is 25.9 Å². The summed E-state index contributed by atoms with van der Waals surface area (Å²) >= 11 is 0. The van der Waals surface area contributed by atoms with E-state index in [0.29, 0.717) is 0 Å². The predicted octanol–water partition coefficient (Wildman–Crippen LogP) is 1.02. The maximum atomic E-state index is 3.95. The van der Waals surface area contributed by atoms with Crippen molar-refractivity contribution in [1.82, 2.24) is 15.3 Å². The highest BCUT2D eigenvalue weighted by Crippen LogP contribution is 1.96. The monoisotopic (exact) mass is 165 g/mol. The standard InChI is InChI=1S/C9H15N3/c1-2-10-5-3-4-9-6-11-8-12-7-9/h6-8,10H,2-5H2,1H3. The fraction of sp³-hybridized carbons (Fsp3) is 0.556. The highest BCUT2D eigenvalue weighted by atomic mass is 14.8. The minimum Gasteiger partial charge on any atom is -0.317 e. The maximum absolute atomic E-state index is 3.95. The molecule has 3 nitrogen and oxygen atoms in total. The lowest BCUT2D eigenvalue weighted by Crippen LogP contribution is -2.14. The third-order valence-electron chi connectivity index (χ3n) is 1.68. The summed E-state index contributed by atoms with van der Waals surface area (Å²) in [4.78, 5) is 7.90. The van der Waals surface area contributed by atoms with Crippen LogP contribution in [0.3, 0.4) is 0 Å². The Morgan fingerprint density at radius 2 is 2.08 bits per heavy atom. The van der Waals surface area contributed by atoms with Gasteiger partial charge >= 0.3 is 0 Å². The van der Waals surface area contributed by atoms with Crippen molar-refractivity contribution in [3.63, 3.8) is 0 Å². The molecule has 1 heterocycles. The topological polar surface area (TPSA) is 37.8 Å². The van der Waals surface area contributed by atoms with E-state index in [1.165, 1.54) is 5.56 Å². The molecule has 0 unspecified atom stereocenters. The highest BCUT2D eigenvalue weighted by molar-refractivity contribution is 5.01. The molecule has 0 aliphatic carbocycles. The molecular weight excluding hydrogens is 150 g/mol. The van der Waals surface area contributed by atoms with Crippen molar-refractivity contribution in [1.29, 1.82) is 0 Å². The van der Waals surface area contributed by atoms with Crippen LogP contribution >= 0.6 is 0 Å². The van der Waals surface area contributed by atoms with Gasteiger partial charge in [0.1, 0.15) is 6.33 Å². The quantitative estimate of drug-likeness (QED) is 0.662. The Morgan fingerprint density at radius 1 is 1.33 bits per heavy atom. The van der Waals surface area contributed by atoms with Crippen LogP contribution in [-0.2, 0) is 6.42 Å². The number of aromatic nitrogens is 2. The van der Waals surface area contributed by atoms with Crippen LogP contribution in [0.4, 0.5) is 0 Å². The van der Waals surface area contributed by atoms with Crippen molar-refractivity contribution >= 4 is 0 Å². The molecule has 0 aliphatic rings. The largest absolute Gasteiger partial charge is 0.317 e. The van der Waals surface area contributed by atoms with Gasteiger partial charge in [-0.25, -0.2) is 9.97 Å². The average molecular weight is 165 g/mol. The van der Waals surface area contributed by atoms with E-state index in [-0.39, 0.29) is 0 Å². The molecule has 12 heavy (non-hydrogen) atoms. The minimum absolute atomic E-state index is 1.05. The van der Waals surface area contributed by atoms with Gasteiger partial charge in [0.25, 0.3) is 0 Å². The molecule has 0 aromatic carbocycles. The fourth-order valence-electron chi connectivity index (χ4n) is 1.05. The molecule has 1 aromatic heterocycles. The maximum Gasteiger partial charge on any atom is 0.115 e. The Kier molecular flexibility index (Phi) is 4.31. The van der Waals surface area contributed by atoms with Crippen LogP contribution in [0.25, 0.3) is 0 Å². The second kappa shape index (κ2) is 5.66. The van der Waals surface area contributed by atoms with Crippen LogP contribution in [0, 0.1) is 0 Å². The summed E-state index contributed by atoms with van der Waals surface area (Å²) in [5.74, 6) is 0. The van der Waals surface area contributed by atoms with Crippen molar-refractivity contribution in [3.05, 3.63) is 24.3 Å². The van der Waals surface area contributed by atoms with Crippen LogP contribution in [0.15, 0.2) is 18.7 Å². The van der Waals surface area contributed by atoms with Crippen LogP contribution in [-0.4, -0.2) is 23.1 Å². The molecule has 1 N–H and O–H groups in total. The Labute approximate surface area is 73.2 Å². The van der Waals surface area contributed by atoms with Gasteiger partial charge in [-0.2, -0.15) is 0 Å². The highest BCUT2D eigenvalue weighted by Gasteiger charge is 1.91. The SMILES string of the molecule is CCNCCCc1cncnc1. The molecule has 66 valence electrons. The van der Waals surface area contributed by atoms with Gasteiger partial charge in [0.05, 0.1) is 0 Å². The normalized spacial score (nSPS) is 10.1. The molecule has 0 atom stereocenters. The lowest BCUT2D eigenvalue weighted by molar-refractivity contribution is 0.671. The Balaban J connectivity index is 2.16. The third kappa shape index (κ3) is 3.44. The van der Waals surface area contributed by atoms with E-state index in [2.05, 4.69) is 22.2 Å². The molecule has 1 aromatic rings. The lowest BCUT2D eigenvalue weighted by Gasteiger charge is -2.00. The first-order valence-electron chi connectivity index (χ1n) is 4.38. The van der Waals surface area contributed by atoms with Gasteiger partial charge in [0.2, 0.25) is 0 Å². The third-order valence-corrected chi connectivity index (χ3v) is 1.68. The van der Waals surface area contributed by atoms with E-state index < -0.39 is 0 Å². The predicted molar refractivity (Wildman–Crippen MR) is 48.9 cm³/mol. The lowest BCUT2D eigenvalue weighted by atomic mass is 10.2.